The largest absolute Gasteiger partial charge is 0.457 e. The quantitative estimate of drug-likeness (QED) is 0.253. The number of hydrogen-bond donors (Lipinski definition) is 2. The van der Waals surface area contributed by atoms with E-state index in [1.807, 2.05) is 50.5 Å². The van der Waals surface area contributed by atoms with E-state index in [0.717, 1.165) is 16.8 Å². The van der Waals surface area contributed by atoms with Crippen LogP contribution >= 0.6 is 12.4 Å². The van der Waals surface area contributed by atoms with Gasteiger partial charge in [-0.3, -0.25) is 14.3 Å². The number of benzene rings is 2. The molecule has 0 atom stereocenters. The van der Waals surface area contributed by atoms with Crippen LogP contribution in [0.3, 0.4) is 0 Å². The predicted molar refractivity (Wildman–Crippen MR) is 146 cm³/mol. The Kier molecular flexibility index (Phi) is 8.03. The molecule has 5 rings (SSSR count). The summed E-state index contributed by atoms with van der Waals surface area (Å²) in [4.78, 5) is 17.0. The Balaban J connectivity index is 0.00000336. The Morgan fingerprint density at radius 2 is 1.71 bits per heavy atom. The van der Waals surface area contributed by atoms with Crippen molar-refractivity contribution in [1.82, 2.24) is 24.5 Å². The van der Waals surface area contributed by atoms with Gasteiger partial charge < -0.3 is 15.4 Å². The molecule has 2 aromatic carbocycles. The highest BCUT2D eigenvalue weighted by molar-refractivity contribution is 6.02. The normalized spacial score (nSPS) is 10.5. The number of amides is 2. The molecule has 0 unspecified atom stereocenters. The molecule has 0 aliphatic heterocycles. The zero-order valence-electron chi connectivity index (χ0n) is 20.6. The second-order valence-corrected chi connectivity index (χ2v) is 8.19. The summed E-state index contributed by atoms with van der Waals surface area (Å²) in [5, 5.41) is 13.8. The number of ether oxygens (including phenoxy) is 1. The van der Waals surface area contributed by atoms with E-state index in [1.54, 1.807) is 46.2 Å². The summed E-state index contributed by atoms with van der Waals surface area (Å²) >= 11 is 0. The highest BCUT2D eigenvalue weighted by Gasteiger charge is 2.16. The maximum Gasteiger partial charge on any atom is 0.323 e. The topological polar surface area (TPSA) is 98.9 Å². The van der Waals surface area contributed by atoms with Gasteiger partial charge >= 0.3 is 6.03 Å². The van der Waals surface area contributed by atoms with Crippen LogP contribution in [0, 0.1) is 5.82 Å². The van der Waals surface area contributed by atoms with Crippen LogP contribution in [0.25, 0.3) is 22.5 Å². The number of carbonyl (C=O) groups excluding carboxylic acids is 1. The first-order chi connectivity index (χ1) is 18.0. The molecule has 3 heterocycles. The van der Waals surface area contributed by atoms with Crippen LogP contribution in [-0.2, 0) is 13.6 Å². The van der Waals surface area contributed by atoms with Gasteiger partial charge in [-0.05, 0) is 25.1 Å². The Morgan fingerprint density at radius 1 is 0.947 bits per heavy atom. The summed E-state index contributed by atoms with van der Waals surface area (Å²) in [6, 6.07) is 16.7. The zero-order valence-corrected chi connectivity index (χ0v) is 21.4. The zero-order chi connectivity index (χ0) is 25.8. The van der Waals surface area contributed by atoms with E-state index < -0.39 is 11.8 Å². The van der Waals surface area contributed by atoms with Crippen LogP contribution in [0.15, 0.2) is 85.5 Å². The molecule has 0 radical (unpaired) electrons. The Morgan fingerprint density at radius 3 is 2.42 bits per heavy atom. The maximum atomic E-state index is 14.8. The lowest BCUT2D eigenvalue weighted by Crippen LogP contribution is -2.20. The monoisotopic (exact) mass is 533 g/mol. The third-order valence-electron chi connectivity index (χ3n) is 5.59. The van der Waals surface area contributed by atoms with Crippen molar-refractivity contribution in [2.45, 2.75) is 13.5 Å². The summed E-state index contributed by atoms with van der Waals surface area (Å²) in [6.07, 6.45) is 6.73. The second kappa shape index (κ2) is 11.6. The van der Waals surface area contributed by atoms with Gasteiger partial charge in [0.05, 0.1) is 35.2 Å². The van der Waals surface area contributed by atoms with Gasteiger partial charge in [-0.1, -0.05) is 30.3 Å². The summed E-state index contributed by atoms with van der Waals surface area (Å²) in [6.45, 7) is 2.60. The molecule has 5 aromatic rings. The van der Waals surface area contributed by atoms with Crippen LogP contribution in [0.4, 0.5) is 20.6 Å². The van der Waals surface area contributed by atoms with E-state index in [-0.39, 0.29) is 23.8 Å². The molecule has 0 spiro atoms. The van der Waals surface area contributed by atoms with Crippen molar-refractivity contribution < 1.29 is 13.9 Å². The fourth-order valence-corrected chi connectivity index (χ4v) is 3.88. The maximum absolute atomic E-state index is 14.8. The molecule has 11 heteroatoms. The lowest BCUT2D eigenvalue weighted by molar-refractivity contribution is 0.262. The molecule has 0 fully saturated rings. The molecule has 38 heavy (non-hydrogen) atoms. The van der Waals surface area contributed by atoms with Crippen molar-refractivity contribution in [3.63, 3.8) is 0 Å². The Hall–Kier alpha value is -4.70. The predicted octanol–water partition coefficient (Wildman–Crippen LogP) is 6.36. The van der Waals surface area contributed by atoms with Crippen LogP contribution < -0.4 is 15.4 Å². The number of rotatable bonds is 7. The molecule has 0 bridgehead atoms. The highest BCUT2D eigenvalue weighted by Crippen LogP contribution is 2.30. The van der Waals surface area contributed by atoms with Crippen LogP contribution in [-0.4, -0.2) is 30.6 Å². The second-order valence-electron chi connectivity index (χ2n) is 8.19. The molecule has 0 saturated carbocycles. The Labute approximate surface area is 224 Å². The van der Waals surface area contributed by atoms with Gasteiger partial charge in [0.15, 0.2) is 0 Å². The van der Waals surface area contributed by atoms with Crippen molar-refractivity contribution in [2.75, 3.05) is 10.6 Å². The lowest BCUT2D eigenvalue weighted by atomic mass is 10.1. The minimum atomic E-state index is -0.637. The minimum Gasteiger partial charge on any atom is -0.457 e. The van der Waals surface area contributed by atoms with Crippen molar-refractivity contribution in [2.24, 2.45) is 7.05 Å². The molecule has 9 nitrogen and oxygen atoms in total. The standard InChI is InChI=1S/C27H24FN7O2.ClH/c1-3-35-26(18-7-5-4-6-8-18)25(16-31-35)33-27(36)32-23-10-9-20(13-22(23)28)37-21-11-12-29-24(14-21)19-15-30-34(2)17-19;/h4-17H,3H2,1-2H3,(H2,32,33,36);1H. The lowest BCUT2D eigenvalue weighted by Gasteiger charge is -2.12. The first-order valence-corrected chi connectivity index (χ1v) is 11.6. The first-order valence-electron chi connectivity index (χ1n) is 11.6. The Bertz CT molecular complexity index is 1550. The van der Waals surface area contributed by atoms with Gasteiger partial charge in [0.2, 0.25) is 0 Å². The number of urea groups is 1. The van der Waals surface area contributed by atoms with E-state index in [9.17, 15) is 9.18 Å². The van der Waals surface area contributed by atoms with Gasteiger partial charge in [-0.25, -0.2) is 9.18 Å². The summed E-state index contributed by atoms with van der Waals surface area (Å²) in [5.41, 5.74) is 3.73. The van der Waals surface area contributed by atoms with Crippen LogP contribution in [0.2, 0.25) is 0 Å². The number of carbonyl (C=O) groups is 1. The SMILES string of the molecule is CCn1ncc(NC(=O)Nc2ccc(Oc3ccnc(-c4cnn(C)c4)c3)cc2F)c1-c1ccccc1.Cl. The molecule has 0 aliphatic rings. The number of aromatic nitrogens is 5. The molecule has 2 amide bonds. The summed E-state index contributed by atoms with van der Waals surface area (Å²) in [5.74, 6) is 0.136. The number of hydrogen-bond acceptors (Lipinski definition) is 5. The first kappa shape index (κ1) is 26.4. The smallest absolute Gasteiger partial charge is 0.323 e. The number of nitrogens with zero attached hydrogens (tertiary/aromatic N) is 5. The van der Waals surface area contributed by atoms with E-state index in [4.69, 9.17) is 4.74 Å². The average Bonchev–Trinajstić information content (AvgIpc) is 3.52. The molecule has 194 valence electrons. The molecule has 0 aliphatic carbocycles. The molecular formula is C27H25ClFN7O2. The number of pyridine rings is 1. The fraction of sp³-hybridized carbons (Fsp3) is 0.111. The van der Waals surface area contributed by atoms with Crippen molar-refractivity contribution in [3.05, 3.63) is 91.3 Å². The van der Waals surface area contributed by atoms with E-state index in [1.165, 1.54) is 12.1 Å². The number of anilines is 2. The fourth-order valence-electron chi connectivity index (χ4n) is 3.88. The number of aryl methyl sites for hydroxylation is 2. The molecule has 2 N–H and O–H groups in total. The molecular weight excluding hydrogens is 509 g/mol. The van der Waals surface area contributed by atoms with Crippen molar-refractivity contribution in [3.8, 4) is 34.0 Å². The summed E-state index contributed by atoms with van der Waals surface area (Å²) in [7, 11) is 1.82. The van der Waals surface area contributed by atoms with Gasteiger partial charge in [0.25, 0.3) is 0 Å². The van der Waals surface area contributed by atoms with E-state index in [2.05, 4.69) is 25.8 Å². The van der Waals surface area contributed by atoms with E-state index >= 15 is 0 Å². The van der Waals surface area contributed by atoms with Crippen molar-refractivity contribution >= 4 is 29.8 Å². The average molecular weight is 534 g/mol. The van der Waals surface area contributed by atoms with Gasteiger partial charge in [-0.2, -0.15) is 10.2 Å². The molecule has 3 aromatic heterocycles. The third-order valence-corrected chi connectivity index (χ3v) is 5.59. The van der Waals surface area contributed by atoms with E-state index in [0.29, 0.717) is 23.7 Å². The van der Waals surface area contributed by atoms with Crippen LogP contribution in [0.1, 0.15) is 6.92 Å². The highest BCUT2D eigenvalue weighted by atomic mass is 35.5. The number of nitrogens with one attached hydrogen (secondary N) is 2. The molecule has 0 saturated heterocycles. The van der Waals surface area contributed by atoms with Crippen LogP contribution in [0.5, 0.6) is 11.5 Å². The summed E-state index contributed by atoms with van der Waals surface area (Å²) < 4.78 is 24.1. The number of halogens is 2. The third kappa shape index (κ3) is 5.81. The van der Waals surface area contributed by atoms with Gasteiger partial charge in [-0.15, -0.1) is 12.4 Å². The minimum absolute atomic E-state index is 0. The van der Waals surface area contributed by atoms with Gasteiger partial charge in [0.1, 0.15) is 17.3 Å². The van der Waals surface area contributed by atoms with Crippen molar-refractivity contribution in [1.29, 1.82) is 0 Å². The van der Waals surface area contributed by atoms with Gasteiger partial charge in [0, 0.05) is 49.2 Å².